The van der Waals surface area contributed by atoms with Crippen LogP contribution in [-0.4, -0.2) is 15.9 Å². The number of anilines is 1. The Balaban J connectivity index is 2.27. The molecule has 2 N–H and O–H groups in total. The van der Waals surface area contributed by atoms with Gasteiger partial charge in [0.1, 0.15) is 11.4 Å². The van der Waals surface area contributed by atoms with E-state index in [1.807, 2.05) is 0 Å². The number of nitrogens with zero attached hydrogens (tertiary/aromatic N) is 1. The fourth-order valence-corrected chi connectivity index (χ4v) is 1.26. The Morgan fingerprint density at radius 1 is 1.35 bits per heavy atom. The van der Waals surface area contributed by atoms with Crippen LogP contribution in [0.1, 0.15) is 10.4 Å². The molecule has 0 atom stereocenters. The molecule has 17 heavy (non-hydrogen) atoms. The van der Waals surface area contributed by atoms with Gasteiger partial charge >= 0.3 is 0 Å². The third-order valence-corrected chi connectivity index (χ3v) is 2.09. The molecule has 0 fully saturated rings. The first-order chi connectivity index (χ1) is 8.18. The van der Waals surface area contributed by atoms with Crippen LogP contribution in [0, 0.1) is 5.82 Å². The van der Waals surface area contributed by atoms with Crippen molar-refractivity contribution in [2.45, 2.75) is 0 Å². The molecule has 2 aromatic rings. The number of hydrogen-bond donors (Lipinski definition) is 2. The number of rotatable bonds is 2. The van der Waals surface area contributed by atoms with Gasteiger partial charge in [0, 0.05) is 6.20 Å². The Hall–Kier alpha value is -2.50. The van der Waals surface area contributed by atoms with E-state index in [0.717, 1.165) is 6.20 Å². The lowest BCUT2D eigenvalue weighted by atomic mass is 10.2. The Morgan fingerprint density at radius 3 is 2.82 bits per heavy atom. The minimum Gasteiger partial charge on any atom is -0.319 e. The molecule has 1 heterocycles. The predicted octanol–water partition coefficient (Wildman–Crippen LogP) is 1.16. The molecule has 6 heteroatoms. The fraction of sp³-hybridized carbons (Fsp3) is 0. The Bertz CT molecular complexity index is 609. The molecule has 5 nitrogen and oxygen atoms in total. The summed E-state index contributed by atoms with van der Waals surface area (Å²) in [7, 11) is 0. The molecule has 0 spiro atoms. The number of aromatic nitrogens is 2. The van der Waals surface area contributed by atoms with Crippen molar-refractivity contribution in [3.8, 4) is 0 Å². The second-order valence-corrected chi connectivity index (χ2v) is 3.23. The molecule has 1 aromatic heterocycles. The lowest BCUT2D eigenvalue weighted by Crippen LogP contribution is -2.23. The predicted molar refractivity (Wildman–Crippen MR) is 59.2 cm³/mol. The van der Waals surface area contributed by atoms with Gasteiger partial charge in [-0.15, -0.1) is 0 Å². The van der Waals surface area contributed by atoms with Crippen LogP contribution in [-0.2, 0) is 0 Å². The number of carbonyl (C=O) groups is 1. The van der Waals surface area contributed by atoms with Gasteiger partial charge in [0.2, 0.25) is 0 Å². The highest BCUT2D eigenvalue weighted by atomic mass is 19.1. The second kappa shape index (κ2) is 4.56. The van der Waals surface area contributed by atoms with E-state index in [1.54, 1.807) is 6.07 Å². The normalized spacial score (nSPS) is 9.94. The molecule has 0 saturated carbocycles. The highest BCUT2D eigenvalue weighted by Gasteiger charge is 2.12. The third kappa shape index (κ3) is 2.36. The van der Waals surface area contributed by atoms with Crippen molar-refractivity contribution in [3.05, 3.63) is 58.5 Å². The quantitative estimate of drug-likeness (QED) is 0.817. The van der Waals surface area contributed by atoms with E-state index in [0.29, 0.717) is 0 Å². The average Bonchev–Trinajstić information content (AvgIpc) is 2.32. The lowest BCUT2D eigenvalue weighted by Gasteiger charge is -2.04. The van der Waals surface area contributed by atoms with Crippen LogP contribution < -0.4 is 10.9 Å². The van der Waals surface area contributed by atoms with Gasteiger partial charge in [-0.05, 0) is 12.1 Å². The zero-order valence-electron chi connectivity index (χ0n) is 8.61. The van der Waals surface area contributed by atoms with E-state index >= 15 is 0 Å². The van der Waals surface area contributed by atoms with Crippen molar-refractivity contribution < 1.29 is 9.18 Å². The zero-order chi connectivity index (χ0) is 12.3. The highest BCUT2D eigenvalue weighted by Crippen LogP contribution is 2.12. The van der Waals surface area contributed by atoms with Crippen LogP contribution in [0.15, 0.2) is 41.6 Å². The molecule has 0 radical (unpaired) electrons. The van der Waals surface area contributed by atoms with Crippen LogP contribution in [0.2, 0.25) is 0 Å². The van der Waals surface area contributed by atoms with Crippen molar-refractivity contribution in [2.24, 2.45) is 0 Å². The number of halogens is 1. The van der Waals surface area contributed by atoms with Gasteiger partial charge in [0.15, 0.2) is 0 Å². The maximum Gasteiger partial charge on any atom is 0.263 e. The van der Waals surface area contributed by atoms with Crippen molar-refractivity contribution in [1.82, 2.24) is 9.97 Å². The summed E-state index contributed by atoms with van der Waals surface area (Å²) in [6.45, 7) is 0. The first kappa shape index (κ1) is 11.0. The molecular weight excluding hydrogens is 225 g/mol. The average molecular weight is 233 g/mol. The second-order valence-electron chi connectivity index (χ2n) is 3.23. The van der Waals surface area contributed by atoms with Gasteiger partial charge in [-0.1, -0.05) is 12.1 Å². The molecule has 1 amide bonds. The van der Waals surface area contributed by atoms with Gasteiger partial charge in [0.25, 0.3) is 11.5 Å². The molecule has 0 aliphatic carbocycles. The summed E-state index contributed by atoms with van der Waals surface area (Å²) < 4.78 is 13.2. The molecule has 0 aliphatic heterocycles. The van der Waals surface area contributed by atoms with Crippen LogP contribution in [0.25, 0.3) is 0 Å². The van der Waals surface area contributed by atoms with Gasteiger partial charge in [-0.3, -0.25) is 9.59 Å². The number of H-pyrrole nitrogens is 1. The molecular formula is C11H8FN3O2. The molecule has 1 aromatic carbocycles. The van der Waals surface area contributed by atoms with Crippen molar-refractivity contribution in [2.75, 3.05) is 5.32 Å². The summed E-state index contributed by atoms with van der Waals surface area (Å²) in [5.41, 5.74) is -0.731. The number of hydrogen-bond acceptors (Lipinski definition) is 3. The van der Waals surface area contributed by atoms with E-state index in [1.165, 1.54) is 24.5 Å². The van der Waals surface area contributed by atoms with Gasteiger partial charge in [0.05, 0.1) is 12.0 Å². The molecule has 86 valence electrons. The first-order valence-corrected chi connectivity index (χ1v) is 4.77. The summed E-state index contributed by atoms with van der Waals surface area (Å²) in [4.78, 5) is 28.8. The Morgan fingerprint density at radius 2 is 2.12 bits per heavy atom. The maximum atomic E-state index is 13.2. The van der Waals surface area contributed by atoms with Crippen molar-refractivity contribution in [1.29, 1.82) is 0 Å². The topological polar surface area (TPSA) is 74.8 Å². The summed E-state index contributed by atoms with van der Waals surface area (Å²) in [5.74, 6) is -1.27. The number of aromatic amines is 1. The SMILES string of the molecule is O=C(Nc1ccccc1F)c1cnc[nH]c1=O. The maximum absolute atomic E-state index is 13.2. The monoisotopic (exact) mass is 233 g/mol. The van der Waals surface area contributed by atoms with Crippen LogP contribution in [0.5, 0.6) is 0 Å². The standard InChI is InChI=1S/C11H8FN3O2/c12-8-3-1-2-4-9(8)15-11(17)7-5-13-6-14-10(7)16/h1-6H,(H,15,17)(H,13,14,16). The number of para-hydroxylation sites is 1. The first-order valence-electron chi connectivity index (χ1n) is 4.77. The largest absolute Gasteiger partial charge is 0.319 e. The van der Waals surface area contributed by atoms with E-state index in [4.69, 9.17) is 0 Å². The van der Waals surface area contributed by atoms with Gasteiger partial charge in [-0.25, -0.2) is 9.37 Å². The van der Waals surface area contributed by atoms with Crippen molar-refractivity contribution >= 4 is 11.6 Å². The van der Waals surface area contributed by atoms with Gasteiger partial charge in [-0.2, -0.15) is 0 Å². The summed E-state index contributed by atoms with van der Waals surface area (Å²) in [6.07, 6.45) is 2.29. The van der Waals surface area contributed by atoms with Crippen LogP contribution in [0.3, 0.4) is 0 Å². The van der Waals surface area contributed by atoms with Crippen LogP contribution >= 0.6 is 0 Å². The van der Waals surface area contributed by atoms with E-state index in [-0.39, 0.29) is 11.3 Å². The third-order valence-electron chi connectivity index (χ3n) is 2.09. The van der Waals surface area contributed by atoms with E-state index in [9.17, 15) is 14.0 Å². The zero-order valence-corrected chi connectivity index (χ0v) is 8.61. The Kier molecular flexibility index (Phi) is 2.95. The molecule has 0 saturated heterocycles. The molecule has 0 unspecified atom stereocenters. The highest BCUT2D eigenvalue weighted by molar-refractivity contribution is 6.03. The van der Waals surface area contributed by atoms with Crippen LogP contribution in [0.4, 0.5) is 10.1 Å². The number of carbonyl (C=O) groups excluding carboxylic acids is 1. The Labute approximate surface area is 95.3 Å². The van der Waals surface area contributed by atoms with E-state index in [2.05, 4.69) is 15.3 Å². The number of nitrogens with one attached hydrogen (secondary N) is 2. The summed E-state index contributed by atoms with van der Waals surface area (Å²) >= 11 is 0. The summed E-state index contributed by atoms with van der Waals surface area (Å²) in [5, 5.41) is 2.29. The van der Waals surface area contributed by atoms with E-state index < -0.39 is 17.3 Å². The van der Waals surface area contributed by atoms with Gasteiger partial charge < -0.3 is 10.3 Å². The number of amides is 1. The minimum atomic E-state index is -0.704. The smallest absolute Gasteiger partial charge is 0.263 e. The minimum absolute atomic E-state index is 0.0146. The van der Waals surface area contributed by atoms with Crippen molar-refractivity contribution in [3.63, 3.8) is 0 Å². The molecule has 2 rings (SSSR count). The number of benzene rings is 1. The molecule has 0 aliphatic rings. The molecule has 0 bridgehead atoms. The summed E-state index contributed by atoms with van der Waals surface area (Å²) in [6, 6.07) is 5.69. The fourth-order valence-electron chi connectivity index (χ4n) is 1.26. The lowest BCUT2D eigenvalue weighted by molar-refractivity contribution is 0.102.